The molecule has 0 atom stereocenters. The molecule has 0 heterocycles. The molecule has 0 saturated heterocycles. The molecular weight excluding hydrogens is 266 g/mol. The lowest BCUT2D eigenvalue weighted by Gasteiger charge is -2.00. The lowest BCUT2D eigenvalue weighted by Crippen LogP contribution is -2.20. The summed E-state index contributed by atoms with van der Waals surface area (Å²) >= 11 is 0. The van der Waals surface area contributed by atoms with E-state index in [1.807, 2.05) is 19.1 Å². The molecule has 0 spiro atoms. The van der Waals surface area contributed by atoms with Crippen molar-refractivity contribution in [3.8, 4) is 5.75 Å². The van der Waals surface area contributed by atoms with Crippen molar-refractivity contribution in [1.82, 2.24) is 5.32 Å². The van der Waals surface area contributed by atoms with E-state index in [1.165, 1.54) is 0 Å². The van der Waals surface area contributed by atoms with Gasteiger partial charge in [0.1, 0.15) is 11.5 Å². The zero-order valence-corrected chi connectivity index (χ0v) is 12.5. The van der Waals surface area contributed by atoms with Crippen LogP contribution in [0.3, 0.4) is 0 Å². The number of benzene rings is 1. The molecule has 0 unspecified atom stereocenters. The summed E-state index contributed by atoms with van der Waals surface area (Å²) in [6.07, 6.45) is 4.36. The summed E-state index contributed by atoms with van der Waals surface area (Å²) < 4.78 is 0. The van der Waals surface area contributed by atoms with E-state index < -0.39 is 0 Å². The lowest BCUT2D eigenvalue weighted by molar-refractivity contribution is -0.117. The number of para-hydroxylation sites is 1. The van der Waals surface area contributed by atoms with Crippen LogP contribution in [0.2, 0.25) is 0 Å². The Bertz CT molecular complexity index is 484. The summed E-state index contributed by atoms with van der Waals surface area (Å²) in [5, 5.41) is 12.8. The molecule has 114 valence electrons. The molecule has 1 aromatic carbocycles. The van der Waals surface area contributed by atoms with Crippen molar-refractivity contribution in [2.24, 2.45) is 9.98 Å². The molecule has 0 aliphatic rings. The van der Waals surface area contributed by atoms with Crippen LogP contribution in [-0.4, -0.2) is 49.5 Å². The van der Waals surface area contributed by atoms with Gasteiger partial charge in [0.25, 0.3) is 0 Å². The van der Waals surface area contributed by atoms with Crippen LogP contribution in [0.5, 0.6) is 5.75 Å². The molecule has 1 rings (SSSR count). The van der Waals surface area contributed by atoms with Gasteiger partial charge in [0.05, 0.1) is 13.1 Å². The molecule has 21 heavy (non-hydrogen) atoms. The normalized spacial score (nSPS) is 11.5. The van der Waals surface area contributed by atoms with Crippen molar-refractivity contribution in [3.05, 3.63) is 29.8 Å². The van der Waals surface area contributed by atoms with Crippen molar-refractivity contribution in [3.63, 3.8) is 0 Å². The molecular formula is C16H23N3O2. The molecule has 2 N–H and O–H groups in total. The highest BCUT2D eigenvalue weighted by molar-refractivity contribution is 5.91. The third-order valence-corrected chi connectivity index (χ3v) is 2.84. The van der Waals surface area contributed by atoms with E-state index in [9.17, 15) is 9.90 Å². The van der Waals surface area contributed by atoms with Gasteiger partial charge in [-0.1, -0.05) is 19.1 Å². The predicted molar refractivity (Wildman–Crippen MR) is 86.7 cm³/mol. The van der Waals surface area contributed by atoms with Crippen molar-refractivity contribution in [2.75, 3.05) is 26.2 Å². The number of hydrogen-bond donors (Lipinski definition) is 2. The summed E-state index contributed by atoms with van der Waals surface area (Å²) in [7, 11) is 0. The number of aliphatic imine (C=N–C) groups is 2. The first-order valence-electron chi connectivity index (χ1n) is 7.22. The van der Waals surface area contributed by atoms with Gasteiger partial charge in [-0.15, -0.1) is 0 Å². The number of Topliss-reactive ketones (excluding diaryl/α,β-unsaturated/α-hetero) is 1. The average molecular weight is 289 g/mol. The molecule has 0 saturated carbocycles. The summed E-state index contributed by atoms with van der Waals surface area (Å²) in [5.41, 5.74) is 0.725. The zero-order chi connectivity index (χ0) is 15.3. The quantitative estimate of drug-likeness (QED) is 0.510. The van der Waals surface area contributed by atoms with E-state index in [0.717, 1.165) is 18.7 Å². The summed E-state index contributed by atoms with van der Waals surface area (Å²) in [4.78, 5) is 19.4. The molecule has 5 heteroatoms. The van der Waals surface area contributed by atoms with Crippen LogP contribution < -0.4 is 5.32 Å². The molecule has 0 radical (unpaired) electrons. The summed E-state index contributed by atoms with van der Waals surface area (Å²) in [6.45, 7) is 4.69. The van der Waals surface area contributed by atoms with Gasteiger partial charge in [0.15, 0.2) is 0 Å². The highest BCUT2D eigenvalue weighted by Crippen LogP contribution is 2.12. The molecule has 0 bridgehead atoms. The number of carbonyl (C=O) groups excluding carboxylic acids is 1. The Kier molecular flexibility index (Phi) is 8.72. The van der Waals surface area contributed by atoms with E-state index >= 15 is 0 Å². The monoisotopic (exact) mass is 289 g/mol. The maximum atomic E-state index is 11.0. The van der Waals surface area contributed by atoms with Crippen LogP contribution in [-0.2, 0) is 4.79 Å². The smallest absolute Gasteiger partial charge is 0.137 e. The van der Waals surface area contributed by atoms with Crippen molar-refractivity contribution in [1.29, 1.82) is 0 Å². The Hall–Kier alpha value is -2.01. The predicted octanol–water partition coefficient (Wildman–Crippen LogP) is 1.84. The number of phenols is 1. The van der Waals surface area contributed by atoms with Crippen molar-refractivity contribution in [2.45, 2.75) is 19.8 Å². The van der Waals surface area contributed by atoms with E-state index in [0.29, 0.717) is 25.9 Å². The number of phenolic OH excluding ortho intramolecular Hbond substituents is 1. The third kappa shape index (κ3) is 7.99. The van der Waals surface area contributed by atoms with Gasteiger partial charge in [-0.05, 0) is 12.1 Å². The highest BCUT2D eigenvalue weighted by atomic mass is 16.3. The maximum Gasteiger partial charge on any atom is 0.137 e. The first kappa shape index (κ1) is 17.0. The van der Waals surface area contributed by atoms with Crippen LogP contribution in [0.25, 0.3) is 0 Å². The lowest BCUT2D eigenvalue weighted by atomic mass is 10.2. The van der Waals surface area contributed by atoms with Gasteiger partial charge < -0.3 is 10.4 Å². The minimum absolute atomic E-state index is 0.213. The number of hydrogen-bond acceptors (Lipinski definition) is 5. The van der Waals surface area contributed by atoms with E-state index in [-0.39, 0.29) is 11.5 Å². The number of carbonyl (C=O) groups is 1. The van der Waals surface area contributed by atoms with Crippen LogP contribution in [0.4, 0.5) is 0 Å². The number of rotatable bonds is 10. The molecule has 1 aromatic rings. The number of aromatic hydroxyl groups is 1. The van der Waals surface area contributed by atoms with Crippen molar-refractivity contribution >= 4 is 18.2 Å². The number of nitrogens with one attached hydrogen (secondary N) is 1. The molecule has 5 nitrogen and oxygen atoms in total. The van der Waals surface area contributed by atoms with Crippen LogP contribution in [0.1, 0.15) is 25.3 Å². The Morgan fingerprint density at radius 3 is 2.67 bits per heavy atom. The highest BCUT2D eigenvalue weighted by Gasteiger charge is 1.94. The first-order valence-corrected chi connectivity index (χ1v) is 7.22. The van der Waals surface area contributed by atoms with Gasteiger partial charge >= 0.3 is 0 Å². The fraction of sp³-hybridized carbons (Fsp3) is 0.438. The van der Waals surface area contributed by atoms with Crippen LogP contribution >= 0.6 is 0 Å². The first-order chi connectivity index (χ1) is 10.2. The molecule has 0 fully saturated rings. The topological polar surface area (TPSA) is 74.0 Å². The fourth-order valence-corrected chi connectivity index (χ4v) is 1.57. The van der Waals surface area contributed by atoms with Crippen LogP contribution in [0.15, 0.2) is 34.3 Å². The van der Waals surface area contributed by atoms with Crippen molar-refractivity contribution < 1.29 is 9.90 Å². The standard InChI is InChI=1S/C16H23N3O2/c1-2-15(20)7-8-17-9-10-18-11-12-19-13-14-5-3-4-6-16(14)21/h3-6,8,13,18,21H,2,7,9-12H2,1H3. The van der Waals surface area contributed by atoms with Gasteiger partial charge in [-0.3, -0.25) is 14.8 Å². The van der Waals surface area contributed by atoms with E-state index in [2.05, 4.69) is 15.3 Å². The minimum atomic E-state index is 0.213. The van der Waals surface area contributed by atoms with Gasteiger partial charge in [-0.2, -0.15) is 0 Å². The summed E-state index contributed by atoms with van der Waals surface area (Å²) in [6, 6.07) is 7.10. The fourth-order valence-electron chi connectivity index (χ4n) is 1.57. The second kappa shape index (κ2) is 10.7. The Morgan fingerprint density at radius 2 is 1.95 bits per heavy atom. The SMILES string of the molecule is CCC(=O)CC=NCCNCCN=Cc1ccccc1O. The minimum Gasteiger partial charge on any atom is -0.507 e. The molecule has 0 aliphatic carbocycles. The zero-order valence-electron chi connectivity index (χ0n) is 12.5. The van der Waals surface area contributed by atoms with Crippen LogP contribution in [0, 0.1) is 0 Å². The number of ketones is 1. The van der Waals surface area contributed by atoms with Gasteiger partial charge in [-0.25, -0.2) is 0 Å². The number of nitrogens with zero attached hydrogens (tertiary/aromatic N) is 2. The Morgan fingerprint density at radius 1 is 1.24 bits per heavy atom. The molecule has 0 aliphatic heterocycles. The van der Waals surface area contributed by atoms with Gasteiger partial charge in [0, 0.05) is 43.9 Å². The van der Waals surface area contributed by atoms with Gasteiger partial charge in [0.2, 0.25) is 0 Å². The molecule has 0 aromatic heterocycles. The second-order valence-corrected chi connectivity index (χ2v) is 4.53. The maximum absolute atomic E-state index is 11.0. The third-order valence-electron chi connectivity index (χ3n) is 2.84. The summed E-state index contributed by atoms with van der Waals surface area (Å²) in [5.74, 6) is 0.454. The Labute approximate surface area is 125 Å². The largest absolute Gasteiger partial charge is 0.507 e. The average Bonchev–Trinajstić information content (AvgIpc) is 2.50. The molecule has 0 amide bonds. The Balaban J connectivity index is 2.05. The van der Waals surface area contributed by atoms with E-state index in [1.54, 1.807) is 24.6 Å². The van der Waals surface area contributed by atoms with E-state index in [4.69, 9.17) is 0 Å². The second-order valence-electron chi connectivity index (χ2n) is 4.53.